The van der Waals surface area contributed by atoms with Gasteiger partial charge in [-0.15, -0.1) is 0 Å². The Morgan fingerprint density at radius 2 is 1.81 bits per heavy atom. The predicted molar refractivity (Wildman–Crippen MR) is 97.9 cm³/mol. The van der Waals surface area contributed by atoms with E-state index in [-0.39, 0.29) is 17.1 Å². The lowest BCUT2D eigenvalue weighted by Gasteiger charge is -2.08. The summed E-state index contributed by atoms with van der Waals surface area (Å²) in [5.41, 5.74) is 0.748. The molecule has 0 aliphatic rings. The van der Waals surface area contributed by atoms with Crippen molar-refractivity contribution in [3.63, 3.8) is 0 Å². The van der Waals surface area contributed by atoms with E-state index in [2.05, 4.69) is 5.32 Å². The second-order valence-corrected chi connectivity index (χ2v) is 7.33. The first-order valence-electron chi connectivity index (χ1n) is 7.60. The maximum Gasteiger partial charge on any atom is 0.338 e. The minimum atomic E-state index is -4.09. The maximum atomic E-state index is 12.0. The van der Waals surface area contributed by atoms with Crippen LogP contribution in [0.3, 0.4) is 0 Å². The number of halogens is 1. The number of rotatable bonds is 7. The molecule has 0 heterocycles. The average molecular weight is 413 g/mol. The van der Waals surface area contributed by atoms with E-state index in [9.17, 15) is 18.0 Å². The topological polar surface area (TPSA) is 125 Å². The number of esters is 1. The van der Waals surface area contributed by atoms with Gasteiger partial charge in [-0.2, -0.15) is 0 Å². The van der Waals surface area contributed by atoms with Crippen molar-refractivity contribution in [3.05, 3.63) is 58.6 Å². The standard InChI is InChI=1S/C17H17ClN2O6S/c1-25-13-5-2-11(3-6-13)9-20-16(21)10-26-17(22)12-4-7-14(18)15(8-12)27(19,23)24/h2-8H,9-10H2,1H3,(H,20,21)(H2,19,23,24). The van der Waals surface area contributed by atoms with Crippen LogP contribution in [-0.2, 0) is 26.1 Å². The van der Waals surface area contributed by atoms with Crippen molar-refractivity contribution >= 4 is 33.5 Å². The van der Waals surface area contributed by atoms with Gasteiger partial charge in [0, 0.05) is 6.54 Å². The molecular weight excluding hydrogens is 396 g/mol. The SMILES string of the molecule is COc1ccc(CNC(=O)COC(=O)c2ccc(Cl)c(S(N)(=O)=O)c2)cc1. The van der Waals surface area contributed by atoms with E-state index in [1.165, 1.54) is 12.1 Å². The van der Waals surface area contributed by atoms with Crippen LogP contribution in [0, 0.1) is 0 Å². The highest BCUT2D eigenvalue weighted by molar-refractivity contribution is 7.89. The normalized spacial score (nSPS) is 10.9. The minimum Gasteiger partial charge on any atom is -0.497 e. The molecule has 0 atom stereocenters. The maximum absolute atomic E-state index is 12.0. The Labute approximate surface area is 161 Å². The zero-order chi connectivity index (χ0) is 20.0. The molecule has 10 heteroatoms. The van der Waals surface area contributed by atoms with E-state index in [1.54, 1.807) is 31.4 Å². The van der Waals surface area contributed by atoms with Crippen LogP contribution in [-0.4, -0.2) is 34.0 Å². The summed E-state index contributed by atoms with van der Waals surface area (Å²) < 4.78 is 32.8. The van der Waals surface area contributed by atoms with E-state index in [0.717, 1.165) is 11.6 Å². The van der Waals surface area contributed by atoms with Crippen molar-refractivity contribution < 1.29 is 27.5 Å². The molecule has 2 aromatic carbocycles. The number of sulfonamides is 1. The number of amides is 1. The monoisotopic (exact) mass is 412 g/mol. The fourth-order valence-corrected chi connectivity index (χ4v) is 3.13. The van der Waals surface area contributed by atoms with Gasteiger partial charge in [-0.25, -0.2) is 18.4 Å². The summed E-state index contributed by atoms with van der Waals surface area (Å²) in [7, 11) is -2.54. The lowest BCUT2D eigenvalue weighted by molar-refractivity contribution is -0.124. The molecule has 0 aromatic heterocycles. The van der Waals surface area contributed by atoms with Gasteiger partial charge in [0.05, 0.1) is 17.7 Å². The molecule has 2 rings (SSSR count). The molecule has 0 fully saturated rings. The minimum absolute atomic E-state index is 0.0913. The summed E-state index contributed by atoms with van der Waals surface area (Å²) in [5, 5.41) is 7.50. The Morgan fingerprint density at radius 3 is 2.41 bits per heavy atom. The van der Waals surface area contributed by atoms with Crippen LogP contribution in [0.15, 0.2) is 47.4 Å². The third-order valence-electron chi connectivity index (χ3n) is 3.46. The van der Waals surface area contributed by atoms with Gasteiger partial charge in [0.2, 0.25) is 10.0 Å². The summed E-state index contributed by atoms with van der Waals surface area (Å²) in [5.74, 6) is -0.697. The number of nitrogens with two attached hydrogens (primary N) is 1. The molecule has 0 unspecified atom stereocenters. The van der Waals surface area contributed by atoms with Gasteiger partial charge in [-0.3, -0.25) is 4.79 Å². The second kappa shape index (κ2) is 8.85. The van der Waals surface area contributed by atoms with Crippen molar-refractivity contribution in [2.75, 3.05) is 13.7 Å². The Morgan fingerprint density at radius 1 is 1.15 bits per heavy atom. The van der Waals surface area contributed by atoms with Crippen molar-refractivity contribution in [1.29, 1.82) is 0 Å². The number of benzene rings is 2. The summed E-state index contributed by atoms with van der Waals surface area (Å²) in [6, 6.07) is 10.6. The van der Waals surface area contributed by atoms with E-state index in [1.807, 2.05) is 0 Å². The van der Waals surface area contributed by atoms with Crippen molar-refractivity contribution in [2.45, 2.75) is 11.4 Å². The van der Waals surface area contributed by atoms with Crippen LogP contribution in [0.2, 0.25) is 5.02 Å². The number of hydrogen-bond acceptors (Lipinski definition) is 6. The van der Waals surface area contributed by atoms with Crippen LogP contribution < -0.4 is 15.2 Å². The number of ether oxygens (including phenoxy) is 2. The quantitative estimate of drug-likeness (QED) is 0.663. The Bertz CT molecular complexity index is 944. The summed E-state index contributed by atoms with van der Waals surface area (Å²) in [6.07, 6.45) is 0. The van der Waals surface area contributed by atoms with Crippen molar-refractivity contribution in [1.82, 2.24) is 5.32 Å². The highest BCUT2D eigenvalue weighted by Crippen LogP contribution is 2.21. The number of primary sulfonamides is 1. The molecule has 0 saturated heterocycles. The predicted octanol–water partition coefficient (Wildman–Crippen LogP) is 1.47. The fraction of sp³-hybridized carbons (Fsp3) is 0.176. The first kappa shape index (κ1) is 20.7. The molecule has 1 amide bonds. The lowest BCUT2D eigenvalue weighted by Crippen LogP contribution is -2.28. The second-order valence-electron chi connectivity index (χ2n) is 5.39. The summed E-state index contributed by atoms with van der Waals surface area (Å²) in [4.78, 5) is 23.4. The fourth-order valence-electron chi connectivity index (χ4n) is 2.06. The van der Waals surface area contributed by atoms with Crippen LogP contribution in [0.5, 0.6) is 5.75 Å². The smallest absolute Gasteiger partial charge is 0.338 e. The number of hydrogen-bond donors (Lipinski definition) is 2. The Hall–Kier alpha value is -2.62. The molecule has 0 radical (unpaired) electrons. The summed E-state index contributed by atoms with van der Waals surface area (Å²) in [6.45, 7) is -0.279. The molecule has 8 nitrogen and oxygen atoms in total. The highest BCUT2D eigenvalue weighted by Gasteiger charge is 2.17. The molecule has 2 aromatic rings. The van der Waals surface area contributed by atoms with Crippen molar-refractivity contribution in [2.24, 2.45) is 5.14 Å². The van der Waals surface area contributed by atoms with Gasteiger partial charge < -0.3 is 14.8 Å². The van der Waals surface area contributed by atoms with Crippen LogP contribution in [0.4, 0.5) is 0 Å². The van der Waals surface area contributed by atoms with E-state index in [0.29, 0.717) is 5.75 Å². The molecule has 144 valence electrons. The molecule has 0 spiro atoms. The van der Waals surface area contributed by atoms with Gasteiger partial charge in [0.1, 0.15) is 10.6 Å². The van der Waals surface area contributed by atoms with Crippen LogP contribution >= 0.6 is 11.6 Å². The molecule has 0 bridgehead atoms. The largest absolute Gasteiger partial charge is 0.497 e. The van der Waals surface area contributed by atoms with Crippen LogP contribution in [0.25, 0.3) is 0 Å². The van der Waals surface area contributed by atoms with Gasteiger partial charge in [-0.05, 0) is 35.9 Å². The molecular formula is C17H17ClN2O6S. The van der Waals surface area contributed by atoms with Gasteiger partial charge in [-0.1, -0.05) is 23.7 Å². The van der Waals surface area contributed by atoms with Gasteiger partial charge in [0.25, 0.3) is 5.91 Å². The average Bonchev–Trinajstić information content (AvgIpc) is 2.64. The van der Waals surface area contributed by atoms with E-state index >= 15 is 0 Å². The zero-order valence-electron chi connectivity index (χ0n) is 14.3. The van der Waals surface area contributed by atoms with Crippen LogP contribution in [0.1, 0.15) is 15.9 Å². The molecule has 0 aliphatic carbocycles. The molecule has 3 N–H and O–H groups in total. The molecule has 27 heavy (non-hydrogen) atoms. The van der Waals surface area contributed by atoms with E-state index < -0.39 is 33.4 Å². The third-order valence-corrected chi connectivity index (χ3v) is 4.85. The number of methoxy groups -OCH3 is 1. The zero-order valence-corrected chi connectivity index (χ0v) is 15.8. The first-order chi connectivity index (χ1) is 12.7. The molecule has 0 saturated carbocycles. The lowest BCUT2D eigenvalue weighted by atomic mass is 10.2. The van der Waals surface area contributed by atoms with Gasteiger partial charge in [0.15, 0.2) is 6.61 Å². The van der Waals surface area contributed by atoms with Gasteiger partial charge >= 0.3 is 5.97 Å². The Balaban J connectivity index is 1.90. The third kappa shape index (κ3) is 5.95. The molecule has 0 aliphatic heterocycles. The number of nitrogens with one attached hydrogen (secondary N) is 1. The number of carbonyl (C=O) groups excluding carboxylic acids is 2. The van der Waals surface area contributed by atoms with Crippen molar-refractivity contribution in [3.8, 4) is 5.75 Å². The highest BCUT2D eigenvalue weighted by atomic mass is 35.5. The number of carbonyl (C=O) groups is 2. The van der Waals surface area contributed by atoms with E-state index in [4.69, 9.17) is 26.2 Å². The summed E-state index contributed by atoms with van der Waals surface area (Å²) >= 11 is 5.75. The first-order valence-corrected chi connectivity index (χ1v) is 9.52. The Kier molecular flexibility index (Phi) is 6.78.